The lowest BCUT2D eigenvalue weighted by Gasteiger charge is -2.13. The molecule has 1 amide bonds. The molecule has 144 valence electrons. The minimum atomic E-state index is -3.82. The highest BCUT2D eigenvalue weighted by molar-refractivity contribution is 7.89. The Bertz CT molecular complexity index is 954. The molecule has 4 N–H and O–H groups in total. The van der Waals surface area contributed by atoms with Gasteiger partial charge in [0.2, 0.25) is 10.0 Å². The second-order valence-electron chi connectivity index (χ2n) is 5.86. The number of sulfonamides is 1. The monoisotopic (exact) mass is 394 g/mol. The van der Waals surface area contributed by atoms with E-state index in [1.807, 2.05) is 0 Å². The number of aromatic nitrogens is 2. The van der Waals surface area contributed by atoms with Gasteiger partial charge in [-0.3, -0.25) is 20.0 Å². The van der Waals surface area contributed by atoms with Crippen LogP contribution >= 0.6 is 0 Å². The van der Waals surface area contributed by atoms with Crippen LogP contribution in [0, 0.1) is 10.1 Å². The Balaban J connectivity index is 1.52. The van der Waals surface area contributed by atoms with Crippen molar-refractivity contribution < 1.29 is 18.1 Å². The molecule has 1 aromatic carbocycles. The topological polar surface area (TPSA) is 159 Å². The Morgan fingerprint density at radius 3 is 2.70 bits per heavy atom. The summed E-state index contributed by atoms with van der Waals surface area (Å²) in [5.74, 6) is -0.384. The van der Waals surface area contributed by atoms with Gasteiger partial charge in [-0.15, -0.1) is 0 Å². The van der Waals surface area contributed by atoms with Crippen LogP contribution in [-0.4, -0.2) is 49.1 Å². The summed E-state index contributed by atoms with van der Waals surface area (Å²) < 4.78 is 26.7. The van der Waals surface area contributed by atoms with Crippen molar-refractivity contribution in [2.24, 2.45) is 0 Å². The summed E-state index contributed by atoms with van der Waals surface area (Å²) in [5.41, 5.74) is 1.86. The Labute approximate surface area is 154 Å². The highest BCUT2D eigenvalue weighted by Gasteiger charge is 2.21. The van der Waals surface area contributed by atoms with Crippen LogP contribution in [0.1, 0.15) is 21.7 Å². The third-order valence-electron chi connectivity index (χ3n) is 4.08. The average molecular weight is 394 g/mol. The first-order valence-electron chi connectivity index (χ1n) is 8.17. The molecule has 12 heteroatoms. The van der Waals surface area contributed by atoms with E-state index in [1.165, 1.54) is 0 Å². The molecule has 3 rings (SSSR count). The summed E-state index contributed by atoms with van der Waals surface area (Å²) >= 11 is 0. The molecule has 0 fully saturated rings. The van der Waals surface area contributed by atoms with Crippen LogP contribution in [0.3, 0.4) is 0 Å². The van der Waals surface area contributed by atoms with Gasteiger partial charge in [-0.2, -0.15) is 5.10 Å². The zero-order chi connectivity index (χ0) is 19.4. The smallest absolute Gasteiger partial charge is 0.272 e. The molecular formula is C15H18N6O5S. The number of carbonyl (C=O) groups excluding carboxylic acids is 1. The molecule has 0 saturated carbocycles. The van der Waals surface area contributed by atoms with Gasteiger partial charge in [0.05, 0.1) is 9.82 Å². The molecule has 1 aliphatic heterocycles. The molecule has 2 aromatic rings. The van der Waals surface area contributed by atoms with Crippen LogP contribution in [0.2, 0.25) is 0 Å². The summed E-state index contributed by atoms with van der Waals surface area (Å²) in [6.07, 6.45) is 0.769. The number of aromatic amines is 1. The fourth-order valence-electron chi connectivity index (χ4n) is 2.69. The zero-order valence-electron chi connectivity index (χ0n) is 14.2. The van der Waals surface area contributed by atoms with E-state index >= 15 is 0 Å². The molecule has 11 nitrogen and oxygen atoms in total. The van der Waals surface area contributed by atoms with E-state index in [1.54, 1.807) is 0 Å². The Morgan fingerprint density at radius 2 is 2.00 bits per heavy atom. The van der Waals surface area contributed by atoms with E-state index < -0.39 is 14.9 Å². The Morgan fingerprint density at radius 1 is 1.26 bits per heavy atom. The van der Waals surface area contributed by atoms with E-state index in [0.717, 1.165) is 48.5 Å². The van der Waals surface area contributed by atoms with Crippen molar-refractivity contribution in [3.63, 3.8) is 0 Å². The molecule has 0 aliphatic carbocycles. The number of nitrogens with zero attached hydrogens (tertiary/aromatic N) is 2. The second-order valence-corrected chi connectivity index (χ2v) is 7.63. The van der Waals surface area contributed by atoms with E-state index in [-0.39, 0.29) is 29.6 Å². The standard InChI is InChI=1S/C15H18N6O5S/c22-15(14-12-9-16-6-5-13(12)19-20-14)17-7-8-18-27(25,26)11-3-1-10(2-4-11)21(23)24/h1-4,16,18H,5-9H2,(H,17,22)(H,19,20). The first kappa shape index (κ1) is 18.9. The number of hydrogen-bond donors (Lipinski definition) is 4. The third-order valence-corrected chi connectivity index (χ3v) is 5.56. The van der Waals surface area contributed by atoms with Gasteiger partial charge < -0.3 is 10.6 Å². The van der Waals surface area contributed by atoms with Gasteiger partial charge in [0.25, 0.3) is 11.6 Å². The van der Waals surface area contributed by atoms with Crippen molar-refractivity contribution in [3.8, 4) is 0 Å². The molecule has 0 atom stereocenters. The number of amides is 1. The fourth-order valence-corrected chi connectivity index (χ4v) is 3.72. The van der Waals surface area contributed by atoms with Gasteiger partial charge >= 0.3 is 0 Å². The first-order chi connectivity index (χ1) is 12.9. The molecule has 2 heterocycles. The van der Waals surface area contributed by atoms with Crippen LogP contribution in [-0.2, 0) is 23.0 Å². The minimum absolute atomic E-state index is 0.0318. The number of carbonyl (C=O) groups is 1. The second kappa shape index (κ2) is 7.82. The van der Waals surface area contributed by atoms with Crippen molar-refractivity contribution in [1.82, 2.24) is 25.6 Å². The Hall–Kier alpha value is -2.83. The van der Waals surface area contributed by atoms with Crippen molar-refractivity contribution in [2.75, 3.05) is 19.6 Å². The van der Waals surface area contributed by atoms with Crippen molar-refractivity contribution in [2.45, 2.75) is 17.9 Å². The van der Waals surface area contributed by atoms with Crippen molar-refractivity contribution in [3.05, 3.63) is 51.3 Å². The van der Waals surface area contributed by atoms with Crippen LogP contribution in [0.15, 0.2) is 29.2 Å². The number of benzene rings is 1. The van der Waals surface area contributed by atoms with Crippen LogP contribution < -0.4 is 15.4 Å². The minimum Gasteiger partial charge on any atom is -0.349 e. The summed E-state index contributed by atoms with van der Waals surface area (Å²) in [5, 5.41) is 23.3. The maximum Gasteiger partial charge on any atom is 0.272 e. The van der Waals surface area contributed by atoms with Gasteiger partial charge in [0.1, 0.15) is 0 Å². The number of fused-ring (bicyclic) bond motifs is 1. The number of rotatable bonds is 7. The van der Waals surface area contributed by atoms with Crippen LogP contribution in [0.5, 0.6) is 0 Å². The normalized spacial score (nSPS) is 13.8. The molecule has 27 heavy (non-hydrogen) atoms. The van der Waals surface area contributed by atoms with Gasteiger partial charge in [0.15, 0.2) is 5.69 Å². The quantitative estimate of drug-likeness (QED) is 0.284. The zero-order valence-corrected chi connectivity index (χ0v) is 15.0. The maximum atomic E-state index is 12.2. The van der Waals surface area contributed by atoms with Crippen LogP contribution in [0.25, 0.3) is 0 Å². The summed E-state index contributed by atoms with van der Waals surface area (Å²) in [6.45, 7) is 1.41. The van der Waals surface area contributed by atoms with Gasteiger partial charge in [-0.05, 0) is 12.1 Å². The molecule has 1 aliphatic rings. The number of nitro groups is 1. The van der Waals surface area contributed by atoms with E-state index in [0.29, 0.717) is 12.2 Å². The number of nitro benzene ring substituents is 1. The lowest BCUT2D eigenvalue weighted by atomic mass is 10.1. The average Bonchev–Trinajstić information content (AvgIpc) is 3.09. The molecule has 0 unspecified atom stereocenters. The fraction of sp³-hybridized carbons (Fsp3) is 0.333. The van der Waals surface area contributed by atoms with E-state index in [2.05, 4.69) is 25.6 Å². The predicted molar refractivity (Wildman–Crippen MR) is 94.6 cm³/mol. The number of non-ortho nitro benzene ring substituents is 1. The van der Waals surface area contributed by atoms with Gasteiger partial charge in [-0.25, -0.2) is 13.1 Å². The summed E-state index contributed by atoms with van der Waals surface area (Å²) in [6, 6.07) is 4.54. The van der Waals surface area contributed by atoms with Crippen molar-refractivity contribution in [1.29, 1.82) is 0 Å². The Kier molecular flexibility index (Phi) is 5.48. The van der Waals surface area contributed by atoms with E-state index in [4.69, 9.17) is 0 Å². The number of nitrogens with one attached hydrogen (secondary N) is 4. The molecule has 0 radical (unpaired) electrons. The molecule has 0 saturated heterocycles. The lowest BCUT2D eigenvalue weighted by molar-refractivity contribution is -0.384. The predicted octanol–water partition coefficient (Wildman–Crippen LogP) is -0.328. The largest absolute Gasteiger partial charge is 0.349 e. The van der Waals surface area contributed by atoms with E-state index in [9.17, 15) is 23.3 Å². The highest BCUT2D eigenvalue weighted by atomic mass is 32.2. The third kappa shape index (κ3) is 4.30. The summed E-state index contributed by atoms with van der Waals surface area (Å²) in [7, 11) is -3.82. The first-order valence-corrected chi connectivity index (χ1v) is 9.66. The van der Waals surface area contributed by atoms with Gasteiger partial charge in [-0.1, -0.05) is 0 Å². The maximum absolute atomic E-state index is 12.2. The number of H-pyrrole nitrogens is 1. The molecule has 0 spiro atoms. The van der Waals surface area contributed by atoms with Crippen LogP contribution in [0.4, 0.5) is 5.69 Å². The lowest BCUT2D eigenvalue weighted by Crippen LogP contribution is -2.35. The van der Waals surface area contributed by atoms with Gasteiger partial charge in [0, 0.05) is 56.0 Å². The SMILES string of the molecule is O=C(NCCNS(=O)(=O)c1ccc([N+](=O)[O-])cc1)c1n[nH]c2c1CNCC2. The highest BCUT2D eigenvalue weighted by Crippen LogP contribution is 2.16. The number of hydrogen-bond acceptors (Lipinski definition) is 7. The molecule has 1 aromatic heterocycles. The molecule has 0 bridgehead atoms. The molecular weight excluding hydrogens is 376 g/mol. The summed E-state index contributed by atoms with van der Waals surface area (Å²) in [4.78, 5) is 22.1. The van der Waals surface area contributed by atoms with Crippen molar-refractivity contribution >= 4 is 21.6 Å².